The molecule has 1 N–H and O–H groups in total. The molecule has 1 amide bonds. The SMILES string of the molecule is Cc1ccc(C(=O)N2CCCC[C@H]2c2nc3ccccc3s2)cc1NS(C)(=O)=O. The van der Waals surface area contributed by atoms with Crippen LogP contribution in [0.4, 0.5) is 5.69 Å². The fourth-order valence-electron chi connectivity index (χ4n) is 3.69. The number of likely N-dealkylation sites (tertiary alicyclic amines) is 1. The van der Waals surface area contributed by atoms with Crippen molar-refractivity contribution in [2.24, 2.45) is 0 Å². The molecule has 8 heteroatoms. The van der Waals surface area contributed by atoms with E-state index in [-0.39, 0.29) is 11.9 Å². The molecule has 1 aromatic heterocycles. The van der Waals surface area contributed by atoms with E-state index in [9.17, 15) is 13.2 Å². The number of aromatic nitrogens is 1. The number of sulfonamides is 1. The summed E-state index contributed by atoms with van der Waals surface area (Å²) in [7, 11) is -3.42. The molecule has 3 aromatic rings. The number of hydrogen-bond acceptors (Lipinski definition) is 5. The average Bonchev–Trinajstić information content (AvgIpc) is 3.12. The standard InChI is InChI=1S/C21H23N3O3S2/c1-14-10-11-15(13-17(14)23-29(2,26)27)21(25)24-12-6-5-8-18(24)20-22-16-7-3-4-9-19(16)28-20/h3-4,7,9-11,13,18,23H,5-6,8,12H2,1-2H3/t18-/m0/s1. The van der Waals surface area contributed by atoms with E-state index < -0.39 is 10.0 Å². The van der Waals surface area contributed by atoms with Gasteiger partial charge in [0.25, 0.3) is 5.91 Å². The number of aryl methyl sites for hydroxylation is 1. The molecular weight excluding hydrogens is 406 g/mol. The van der Waals surface area contributed by atoms with Gasteiger partial charge in [0.1, 0.15) is 5.01 Å². The largest absolute Gasteiger partial charge is 0.329 e. The quantitative estimate of drug-likeness (QED) is 0.669. The first-order valence-electron chi connectivity index (χ1n) is 9.57. The minimum absolute atomic E-state index is 0.0544. The van der Waals surface area contributed by atoms with E-state index in [4.69, 9.17) is 4.98 Å². The van der Waals surface area contributed by atoms with Crippen LogP contribution in [0.5, 0.6) is 0 Å². The van der Waals surface area contributed by atoms with Crippen molar-refractivity contribution in [1.82, 2.24) is 9.88 Å². The Hall–Kier alpha value is -2.45. The van der Waals surface area contributed by atoms with Crippen molar-refractivity contribution in [2.75, 3.05) is 17.5 Å². The lowest BCUT2D eigenvalue weighted by Crippen LogP contribution is -2.38. The number of amides is 1. The predicted molar refractivity (Wildman–Crippen MR) is 117 cm³/mol. The van der Waals surface area contributed by atoms with Crippen LogP contribution in [0.3, 0.4) is 0 Å². The van der Waals surface area contributed by atoms with Crippen LogP contribution in [0, 0.1) is 6.92 Å². The number of carbonyl (C=O) groups excluding carboxylic acids is 1. The molecule has 29 heavy (non-hydrogen) atoms. The maximum atomic E-state index is 13.4. The van der Waals surface area contributed by atoms with E-state index in [1.807, 2.05) is 30.0 Å². The highest BCUT2D eigenvalue weighted by molar-refractivity contribution is 7.92. The van der Waals surface area contributed by atoms with Crippen LogP contribution in [0.2, 0.25) is 0 Å². The van der Waals surface area contributed by atoms with Gasteiger partial charge >= 0.3 is 0 Å². The summed E-state index contributed by atoms with van der Waals surface area (Å²) in [5.74, 6) is -0.0921. The molecule has 2 aromatic carbocycles. The van der Waals surface area contributed by atoms with Gasteiger partial charge < -0.3 is 4.90 Å². The fourth-order valence-corrected chi connectivity index (χ4v) is 5.43. The Balaban J connectivity index is 1.66. The van der Waals surface area contributed by atoms with E-state index in [2.05, 4.69) is 10.8 Å². The Morgan fingerprint density at radius 1 is 1.21 bits per heavy atom. The van der Waals surface area contributed by atoms with Gasteiger partial charge in [-0.05, 0) is 56.0 Å². The van der Waals surface area contributed by atoms with Gasteiger partial charge in [-0.15, -0.1) is 11.3 Å². The first-order valence-corrected chi connectivity index (χ1v) is 12.3. The van der Waals surface area contributed by atoms with Crippen LogP contribution in [0.15, 0.2) is 42.5 Å². The van der Waals surface area contributed by atoms with Crippen LogP contribution < -0.4 is 4.72 Å². The number of piperidine rings is 1. The lowest BCUT2D eigenvalue weighted by molar-refractivity contribution is 0.0611. The summed E-state index contributed by atoms with van der Waals surface area (Å²) in [6.07, 6.45) is 3.99. The van der Waals surface area contributed by atoms with Crippen LogP contribution in [0.25, 0.3) is 10.2 Å². The second kappa shape index (κ2) is 7.76. The molecule has 0 aliphatic carbocycles. The molecule has 1 fully saturated rings. The third kappa shape index (κ3) is 4.28. The second-order valence-electron chi connectivity index (χ2n) is 7.43. The molecule has 1 aliphatic heterocycles. The van der Waals surface area contributed by atoms with Crippen LogP contribution in [-0.4, -0.2) is 37.0 Å². The molecule has 1 aliphatic rings. The third-order valence-electron chi connectivity index (χ3n) is 5.14. The fraction of sp³-hybridized carbons (Fsp3) is 0.333. The molecule has 1 atom stereocenters. The van der Waals surface area contributed by atoms with Crippen molar-refractivity contribution >= 4 is 43.2 Å². The van der Waals surface area contributed by atoms with Gasteiger partial charge in [0.15, 0.2) is 0 Å². The Kier molecular flexibility index (Phi) is 5.31. The zero-order chi connectivity index (χ0) is 20.6. The molecule has 152 valence electrons. The molecule has 2 heterocycles. The zero-order valence-corrected chi connectivity index (χ0v) is 18.0. The van der Waals surface area contributed by atoms with Gasteiger partial charge in [-0.2, -0.15) is 0 Å². The maximum Gasteiger partial charge on any atom is 0.254 e. The zero-order valence-electron chi connectivity index (χ0n) is 16.4. The van der Waals surface area contributed by atoms with Gasteiger partial charge in [-0.3, -0.25) is 9.52 Å². The smallest absolute Gasteiger partial charge is 0.254 e. The van der Waals surface area contributed by atoms with E-state index in [1.54, 1.807) is 29.5 Å². The minimum Gasteiger partial charge on any atom is -0.329 e. The van der Waals surface area contributed by atoms with Crippen molar-refractivity contribution in [3.8, 4) is 0 Å². The number of nitrogens with zero attached hydrogens (tertiary/aromatic N) is 2. The summed E-state index contributed by atoms with van der Waals surface area (Å²) in [5, 5.41) is 0.959. The molecule has 0 bridgehead atoms. The third-order valence-corrected chi connectivity index (χ3v) is 6.87. The number of carbonyl (C=O) groups is 1. The number of nitrogens with one attached hydrogen (secondary N) is 1. The minimum atomic E-state index is -3.42. The lowest BCUT2D eigenvalue weighted by atomic mass is 10.0. The van der Waals surface area contributed by atoms with Crippen molar-refractivity contribution in [3.63, 3.8) is 0 Å². The van der Waals surface area contributed by atoms with Gasteiger partial charge in [0.05, 0.1) is 28.2 Å². The second-order valence-corrected chi connectivity index (χ2v) is 10.2. The first-order chi connectivity index (χ1) is 13.8. The van der Waals surface area contributed by atoms with E-state index in [0.29, 0.717) is 17.8 Å². The summed E-state index contributed by atoms with van der Waals surface area (Å²) in [6.45, 7) is 2.48. The average molecular weight is 430 g/mol. The number of anilines is 1. The number of rotatable bonds is 4. The maximum absolute atomic E-state index is 13.4. The number of fused-ring (bicyclic) bond motifs is 1. The molecule has 0 radical (unpaired) electrons. The van der Waals surface area contributed by atoms with Gasteiger partial charge in [0, 0.05) is 12.1 Å². The van der Waals surface area contributed by atoms with Gasteiger partial charge in [-0.25, -0.2) is 13.4 Å². The van der Waals surface area contributed by atoms with Crippen LogP contribution in [0.1, 0.15) is 46.2 Å². The van der Waals surface area contributed by atoms with Crippen molar-refractivity contribution in [2.45, 2.75) is 32.2 Å². The van der Waals surface area contributed by atoms with Crippen LogP contribution in [-0.2, 0) is 10.0 Å². The van der Waals surface area contributed by atoms with Gasteiger partial charge in [-0.1, -0.05) is 18.2 Å². The molecule has 0 saturated carbocycles. The Labute approximate surface area is 174 Å². The van der Waals surface area contributed by atoms with Crippen molar-refractivity contribution < 1.29 is 13.2 Å². The predicted octanol–water partition coefficient (Wildman–Crippen LogP) is 4.34. The Morgan fingerprint density at radius 3 is 2.76 bits per heavy atom. The molecule has 1 saturated heterocycles. The van der Waals surface area contributed by atoms with E-state index >= 15 is 0 Å². The van der Waals surface area contributed by atoms with Gasteiger partial charge in [0.2, 0.25) is 10.0 Å². The summed E-state index contributed by atoms with van der Waals surface area (Å²) in [6, 6.07) is 13.1. The number of benzene rings is 2. The van der Waals surface area contributed by atoms with E-state index in [1.165, 1.54) is 0 Å². The lowest BCUT2D eigenvalue weighted by Gasteiger charge is -2.34. The molecular formula is C21H23N3O3S2. The highest BCUT2D eigenvalue weighted by Crippen LogP contribution is 2.36. The van der Waals surface area contributed by atoms with Crippen molar-refractivity contribution in [1.29, 1.82) is 0 Å². The topological polar surface area (TPSA) is 79.4 Å². The van der Waals surface area contributed by atoms with Crippen molar-refractivity contribution in [3.05, 3.63) is 58.6 Å². The summed E-state index contributed by atoms with van der Waals surface area (Å²) < 4.78 is 26.9. The normalized spacial score (nSPS) is 17.4. The number of thiazole rings is 1. The van der Waals surface area contributed by atoms with E-state index in [0.717, 1.165) is 46.3 Å². The monoisotopic (exact) mass is 429 g/mol. The summed E-state index contributed by atoms with van der Waals surface area (Å²) in [5.41, 5.74) is 2.65. The first kappa shape index (κ1) is 19.8. The summed E-state index contributed by atoms with van der Waals surface area (Å²) >= 11 is 1.64. The van der Waals surface area contributed by atoms with Crippen LogP contribution >= 0.6 is 11.3 Å². The summed E-state index contributed by atoms with van der Waals surface area (Å²) in [4.78, 5) is 20.0. The molecule has 4 rings (SSSR count). The molecule has 0 unspecified atom stereocenters. The molecule has 0 spiro atoms. The highest BCUT2D eigenvalue weighted by Gasteiger charge is 2.31. The Bertz CT molecular complexity index is 1140. The number of hydrogen-bond donors (Lipinski definition) is 1. The highest BCUT2D eigenvalue weighted by atomic mass is 32.2. The molecule has 6 nitrogen and oxygen atoms in total. The Morgan fingerprint density at radius 2 is 2.00 bits per heavy atom. The number of para-hydroxylation sites is 1.